The van der Waals surface area contributed by atoms with Gasteiger partial charge in [-0.15, -0.1) is 10.1 Å². The summed E-state index contributed by atoms with van der Waals surface area (Å²) in [4.78, 5) is 25.9. The first-order valence-electron chi connectivity index (χ1n) is 10.4. The highest BCUT2D eigenvalue weighted by atomic mass is 16.9. The minimum absolute atomic E-state index is 0.103. The highest BCUT2D eigenvalue weighted by Gasteiger charge is 2.46. The van der Waals surface area contributed by atoms with Crippen LogP contribution in [0.15, 0.2) is 23.8 Å². The van der Waals surface area contributed by atoms with Gasteiger partial charge in [0.05, 0.1) is 6.61 Å². The fourth-order valence-electron chi connectivity index (χ4n) is 4.66. The van der Waals surface area contributed by atoms with Crippen molar-refractivity contribution in [2.75, 3.05) is 6.61 Å². The smallest absolute Gasteiger partial charge is 0.331 e. The van der Waals surface area contributed by atoms with E-state index in [0.29, 0.717) is 36.1 Å². The largest absolute Gasteiger partial charge is 0.507 e. The second-order valence-electron chi connectivity index (χ2n) is 8.62. The lowest BCUT2D eigenvalue weighted by Gasteiger charge is -2.46. The van der Waals surface area contributed by atoms with Crippen molar-refractivity contribution in [3.63, 3.8) is 0 Å². The van der Waals surface area contributed by atoms with E-state index in [9.17, 15) is 25.1 Å². The summed E-state index contributed by atoms with van der Waals surface area (Å²) in [6.07, 6.45) is 7.00. The maximum Gasteiger partial charge on any atom is 0.331 e. The normalized spacial score (nSPS) is 21.6. The number of carboxylic acid groups (broad SMARTS) is 1. The molecule has 0 aromatic heterocycles. The number of hydrogen-bond donors (Lipinski definition) is 2. The summed E-state index contributed by atoms with van der Waals surface area (Å²) in [6, 6.07) is 3.70. The number of rotatable bonds is 9. The molecule has 1 aromatic carbocycles. The molecule has 0 spiro atoms. The number of benzene rings is 1. The summed E-state index contributed by atoms with van der Waals surface area (Å²) < 4.78 is 6.27. The van der Waals surface area contributed by atoms with Gasteiger partial charge in [0.2, 0.25) is 0 Å². The van der Waals surface area contributed by atoms with Crippen LogP contribution >= 0.6 is 0 Å². The van der Waals surface area contributed by atoms with Crippen LogP contribution in [0.2, 0.25) is 0 Å². The van der Waals surface area contributed by atoms with E-state index in [4.69, 9.17) is 4.74 Å². The Morgan fingerprint density at radius 2 is 2.03 bits per heavy atom. The molecule has 164 valence electrons. The topological polar surface area (TPSA) is 119 Å². The van der Waals surface area contributed by atoms with Gasteiger partial charge in [-0.3, -0.25) is 0 Å². The van der Waals surface area contributed by atoms with E-state index in [0.717, 1.165) is 31.2 Å². The number of aryl methyl sites for hydroxylation is 1. The molecule has 0 radical (unpaired) electrons. The molecule has 0 amide bonds. The Bertz CT molecular complexity index is 846. The van der Waals surface area contributed by atoms with Gasteiger partial charge in [-0.2, -0.15) is 0 Å². The van der Waals surface area contributed by atoms with Crippen molar-refractivity contribution < 1.29 is 29.7 Å². The lowest BCUT2D eigenvalue weighted by molar-refractivity contribution is -0.757. The molecule has 3 rings (SSSR count). The van der Waals surface area contributed by atoms with Gasteiger partial charge >= 0.3 is 5.97 Å². The number of phenols is 1. The first kappa shape index (κ1) is 21.9. The summed E-state index contributed by atoms with van der Waals surface area (Å²) in [5.74, 6) is -0.210. The first-order chi connectivity index (χ1) is 14.2. The number of aliphatic carboxylic acids is 1. The molecular weight excluding hydrogens is 390 g/mol. The number of unbranched alkanes of at least 4 members (excludes halogenated alkanes) is 3. The van der Waals surface area contributed by atoms with Gasteiger partial charge < -0.3 is 19.8 Å². The summed E-state index contributed by atoms with van der Waals surface area (Å²) in [6.45, 7) is 4.15. The number of allylic oxidation sites excluding steroid dienone is 1. The Balaban J connectivity index is 1.71. The number of carboxylic acids is 1. The number of nitrogens with zero attached hydrogens (tertiary/aromatic N) is 1. The molecule has 2 N–H and O–H groups in total. The van der Waals surface area contributed by atoms with Gasteiger partial charge in [0.25, 0.3) is 5.09 Å². The van der Waals surface area contributed by atoms with Crippen LogP contribution < -0.4 is 4.74 Å². The van der Waals surface area contributed by atoms with Crippen LogP contribution in [0.5, 0.6) is 11.5 Å². The van der Waals surface area contributed by atoms with Crippen molar-refractivity contribution in [1.82, 2.24) is 0 Å². The Labute approximate surface area is 175 Å². The van der Waals surface area contributed by atoms with E-state index >= 15 is 0 Å². The van der Waals surface area contributed by atoms with Crippen molar-refractivity contribution in [2.24, 2.45) is 5.92 Å². The molecule has 1 aliphatic carbocycles. The molecule has 0 saturated heterocycles. The van der Waals surface area contributed by atoms with E-state index < -0.39 is 16.7 Å². The third-order valence-electron chi connectivity index (χ3n) is 6.15. The Kier molecular flexibility index (Phi) is 6.53. The van der Waals surface area contributed by atoms with Crippen molar-refractivity contribution in [1.29, 1.82) is 0 Å². The van der Waals surface area contributed by atoms with E-state index in [1.54, 1.807) is 12.1 Å². The van der Waals surface area contributed by atoms with Crippen LogP contribution in [0.25, 0.3) is 0 Å². The monoisotopic (exact) mass is 419 g/mol. The third-order valence-corrected chi connectivity index (χ3v) is 6.15. The molecule has 8 heteroatoms. The van der Waals surface area contributed by atoms with Crippen molar-refractivity contribution in [2.45, 2.75) is 70.3 Å². The second kappa shape index (κ2) is 8.93. The minimum Gasteiger partial charge on any atom is -0.507 e. The van der Waals surface area contributed by atoms with Gasteiger partial charge in [-0.25, -0.2) is 4.79 Å². The summed E-state index contributed by atoms with van der Waals surface area (Å²) >= 11 is 0. The van der Waals surface area contributed by atoms with Crippen LogP contribution in [-0.2, 0) is 16.1 Å². The Hall–Kier alpha value is -2.77. The molecule has 1 aromatic rings. The standard InChI is InChI=1S/C22H29NO7/c1-22(2)17-9-8-15(21(25)26)13-16(17)20-18(24)11-14(12-19(20)30-22)7-5-3-4-6-10-29-23(27)28/h11-13,16-17,24H,3-10H2,1-2H3,(H,25,26)/t16-,17-/m0/s1. The van der Waals surface area contributed by atoms with Gasteiger partial charge in [-0.1, -0.05) is 18.9 Å². The highest BCUT2D eigenvalue weighted by molar-refractivity contribution is 5.87. The third kappa shape index (κ3) is 4.86. The zero-order valence-corrected chi connectivity index (χ0v) is 17.4. The zero-order valence-electron chi connectivity index (χ0n) is 17.4. The van der Waals surface area contributed by atoms with Gasteiger partial charge in [-0.05, 0) is 63.6 Å². The molecule has 0 saturated carbocycles. The predicted octanol–water partition coefficient (Wildman–Crippen LogP) is 4.38. The second-order valence-corrected chi connectivity index (χ2v) is 8.62. The fraction of sp³-hybridized carbons (Fsp3) is 0.591. The quantitative estimate of drug-likeness (QED) is 0.346. The molecule has 8 nitrogen and oxygen atoms in total. The lowest BCUT2D eigenvalue weighted by Crippen LogP contribution is -2.45. The average Bonchev–Trinajstić information content (AvgIpc) is 2.65. The molecule has 30 heavy (non-hydrogen) atoms. The summed E-state index contributed by atoms with van der Waals surface area (Å²) in [5, 5.41) is 29.5. The van der Waals surface area contributed by atoms with E-state index in [1.807, 2.05) is 19.9 Å². The SMILES string of the molecule is CC1(C)Oc2cc(CCCCCCO[N+](=O)[O-])cc(O)c2[C@H]2C=C(C(=O)O)CC[C@@H]21. The van der Waals surface area contributed by atoms with Crippen LogP contribution in [0.4, 0.5) is 0 Å². The number of ether oxygens (including phenoxy) is 1. The van der Waals surface area contributed by atoms with Crippen molar-refractivity contribution in [3.8, 4) is 11.5 Å². The molecule has 0 fully saturated rings. The van der Waals surface area contributed by atoms with Crippen LogP contribution in [0.1, 0.15) is 69.4 Å². The fourth-order valence-corrected chi connectivity index (χ4v) is 4.66. The van der Waals surface area contributed by atoms with Crippen LogP contribution in [-0.4, -0.2) is 33.5 Å². The number of phenolic OH excluding ortho intramolecular Hbond substituents is 1. The summed E-state index contributed by atoms with van der Waals surface area (Å²) in [7, 11) is 0. The van der Waals surface area contributed by atoms with Gasteiger partial charge in [0.1, 0.15) is 17.1 Å². The van der Waals surface area contributed by atoms with Crippen LogP contribution in [0, 0.1) is 16.0 Å². The van der Waals surface area contributed by atoms with Gasteiger partial charge in [0, 0.05) is 23.0 Å². The average molecular weight is 419 g/mol. The summed E-state index contributed by atoms with van der Waals surface area (Å²) in [5.41, 5.74) is 1.57. The Morgan fingerprint density at radius 1 is 1.30 bits per heavy atom. The van der Waals surface area contributed by atoms with Crippen LogP contribution in [0.3, 0.4) is 0 Å². The highest BCUT2D eigenvalue weighted by Crippen LogP contribution is 2.53. The maximum absolute atomic E-state index is 11.5. The number of carbonyl (C=O) groups is 1. The molecule has 1 aliphatic heterocycles. The molecule has 1 heterocycles. The number of hydrogen-bond acceptors (Lipinski definition) is 6. The maximum atomic E-state index is 11.5. The predicted molar refractivity (Wildman–Crippen MR) is 109 cm³/mol. The van der Waals surface area contributed by atoms with E-state index in [2.05, 4.69) is 4.84 Å². The van der Waals surface area contributed by atoms with E-state index in [1.165, 1.54) is 0 Å². The zero-order chi connectivity index (χ0) is 21.9. The van der Waals surface area contributed by atoms with Gasteiger partial charge in [0.15, 0.2) is 0 Å². The first-order valence-corrected chi connectivity index (χ1v) is 10.4. The number of aromatic hydroxyl groups is 1. The molecule has 2 atom stereocenters. The Morgan fingerprint density at radius 3 is 2.73 bits per heavy atom. The molecular formula is C22H29NO7. The number of fused-ring (bicyclic) bond motifs is 3. The van der Waals surface area contributed by atoms with E-state index in [-0.39, 0.29) is 24.2 Å². The molecule has 0 bridgehead atoms. The minimum atomic E-state index is -0.904. The van der Waals surface area contributed by atoms with Crippen molar-refractivity contribution in [3.05, 3.63) is 45.0 Å². The molecule has 2 aliphatic rings. The van der Waals surface area contributed by atoms with Crippen molar-refractivity contribution >= 4 is 5.97 Å². The molecule has 0 unspecified atom stereocenters. The lowest BCUT2D eigenvalue weighted by atomic mass is 9.67.